The number of aromatic nitrogens is 2. The van der Waals surface area contributed by atoms with Crippen LogP contribution in [0.25, 0.3) is 11.3 Å². The van der Waals surface area contributed by atoms with Crippen molar-refractivity contribution in [3.05, 3.63) is 41.3 Å². The lowest BCUT2D eigenvalue weighted by Crippen LogP contribution is -2.07. The number of aromatic amines is 1. The summed E-state index contributed by atoms with van der Waals surface area (Å²) in [6.45, 7) is 3.19. The van der Waals surface area contributed by atoms with Crippen LogP contribution in [-0.2, 0) is 16.1 Å². The van der Waals surface area contributed by atoms with E-state index < -0.39 is 0 Å². The quantitative estimate of drug-likeness (QED) is 0.344. The highest BCUT2D eigenvalue weighted by atomic mass is 32.1. The fourth-order valence-electron chi connectivity index (χ4n) is 2.19. The molecule has 1 heterocycles. The van der Waals surface area contributed by atoms with Gasteiger partial charge in [0.1, 0.15) is 12.4 Å². The van der Waals surface area contributed by atoms with Crippen LogP contribution in [0.4, 0.5) is 0 Å². The molecular formula is C17H19N3O3S. The number of aliphatic imine (C=N–C) groups is 1. The van der Waals surface area contributed by atoms with E-state index in [1.54, 1.807) is 25.4 Å². The van der Waals surface area contributed by atoms with Crippen LogP contribution in [0, 0.1) is 6.92 Å². The number of aryl methyl sites for hydroxylation is 1. The van der Waals surface area contributed by atoms with E-state index in [0.717, 1.165) is 22.6 Å². The zero-order valence-electron chi connectivity index (χ0n) is 13.7. The molecule has 126 valence electrons. The van der Waals surface area contributed by atoms with Crippen LogP contribution in [0.2, 0.25) is 0 Å². The number of thiocarbonyl (C=S) groups is 1. The second-order valence-electron chi connectivity index (χ2n) is 5.17. The average molecular weight is 345 g/mol. The maximum atomic E-state index is 12.1. The maximum Gasteiger partial charge on any atom is 0.338 e. The Morgan fingerprint density at radius 3 is 3.04 bits per heavy atom. The number of nitrogens with one attached hydrogen (secondary N) is 1. The third kappa shape index (κ3) is 4.83. The summed E-state index contributed by atoms with van der Waals surface area (Å²) in [5.41, 5.74) is 3.28. The molecule has 0 atom stereocenters. The summed E-state index contributed by atoms with van der Waals surface area (Å²) >= 11 is 4.48. The van der Waals surface area contributed by atoms with Crippen molar-refractivity contribution in [2.45, 2.75) is 20.0 Å². The Labute approximate surface area is 145 Å². The molecule has 1 aromatic carbocycles. The summed E-state index contributed by atoms with van der Waals surface area (Å²) in [6, 6.07) is 5.44. The summed E-state index contributed by atoms with van der Waals surface area (Å²) in [5.74, 6) is 0.373. The lowest BCUT2D eigenvalue weighted by atomic mass is 10.0. The molecular weight excluding hydrogens is 326 g/mol. The molecule has 0 saturated carbocycles. The Kier molecular flexibility index (Phi) is 6.81. The van der Waals surface area contributed by atoms with Gasteiger partial charge in [0.25, 0.3) is 0 Å². The number of H-pyrrole nitrogens is 1. The van der Waals surface area contributed by atoms with Crippen molar-refractivity contribution in [3.8, 4) is 11.3 Å². The molecule has 0 aliphatic heterocycles. The van der Waals surface area contributed by atoms with E-state index in [0.29, 0.717) is 31.7 Å². The van der Waals surface area contributed by atoms with Gasteiger partial charge in [0.2, 0.25) is 0 Å². The maximum absolute atomic E-state index is 12.1. The van der Waals surface area contributed by atoms with E-state index >= 15 is 0 Å². The number of carbonyl (C=O) groups excluding carboxylic acids is 1. The minimum atomic E-state index is -0.362. The zero-order chi connectivity index (χ0) is 17.4. The topological polar surface area (TPSA) is 76.6 Å². The molecule has 2 rings (SSSR count). The molecule has 1 N–H and O–H groups in total. The first-order chi connectivity index (χ1) is 11.7. The molecule has 0 aliphatic carbocycles. The Bertz CT molecular complexity index is 751. The van der Waals surface area contributed by atoms with Crippen LogP contribution < -0.4 is 0 Å². The number of esters is 1. The van der Waals surface area contributed by atoms with E-state index in [1.807, 2.05) is 13.0 Å². The van der Waals surface area contributed by atoms with Crippen LogP contribution in [0.15, 0.2) is 29.4 Å². The summed E-state index contributed by atoms with van der Waals surface area (Å²) in [6.07, 6.45) is 2.35. The summed E-state index contributed by atoms with van der Waals surface area (Å²) in [4.78, 5) is 23.4. The predicted octanol–water partition coefficient (Wildman–Crippen LogP) is 3.18. The molecule has 0 unspecified atom stereocenters. The van der Waals surface area contributed by atoms with Crippen molar-refractivity contribution >= 4 is 23.3 Å². The van der Waals surface area contributed by atoms with Crippen molar-refractivity contribution in [1.29, 1.82) is 0 Å². The van der Waals surface area contributed by atoms with E-state index in [-0.39, 0.29) is 5.97 Å². The van der Waals surface area contributed by atoms with Crippen molar-refractivity contribution < 1.29 is 14.3 Å². The highest BCUT2D eigenvalue weighted by Crippen LogP contribution is 2.23. The van der Waals surface area contributed by atoms with Crippen molar-refractivity contribution in [2.75, 3.05) is 20.3 Å². The van der Waals surface area contributed by atoms with Crippen molar-refractivity contribution in [2.24, 2.45) is 4.99 Å². The molecule has 24 heavy (non-hydrogen) atoms. The SMILES string of the molecule is COCc1ncc(-c2cc(C(=O)OCCCN=C=S)ccc2C)[nH]1. The standard InChI is InChI=1S/C17H19N3O3S/c1-12-4-5-13(17(21)23-7-3-6-18-11-24)8-14(12)15-9-19-16(20-15)10-22-2/h4-5,8-9H,3,6-7,10H2,1-2H3,(H,19,20). The smallest absolute Gasteiger partial charge is 0.338 e. The first kappa shape index (κ1) is 18.0. The number of nitrogens with zero attached hydrogens (tertiary/aromatic N) is 2. The van der Waals surface area contributed by atoms with Gasteiger partial charge >= 0.3 is 5.97 Å². The molecule has 0 aliphatic rings. The minimum absolute atomic E-state index is 0.296. The number of ether oxygens (including phenoxy) is 2. The van der Waals surface area contributed by atoms with Gasteiger partial charge in [-0.2, -0.15) is 0 Å². The lowest BCUT2D eigenvalue weighted by molar-refractivity contribution is 0.0503. The van der Waals surface area contributed by atoms with Crippen LogP contribution in [0.5, 0.6) is 0 Å². The van der Waals surface area contributed by atoms with Crippen molar-refractivity contribution in [1.82, 2.24) is 9.97 Å². The van der Waals surface area contributed by atoms with Gasteiger partial charge in [-0.3, -0.25) is 0 Å². The molecule has 0 saturated heterocycles. The van der Waals surface area contributed by atoms with E-state index in [1.165, 1.54) is 0 Å². The minimum Gasteiger partial charge on any atom is -0.462 e. The number of benzene rings is 1. The molecule has 0 amide bonds. The molecule has 2 aromatic rings. The lowest BCUT2D eigenvalue weighted by Gasteiger charge is -2.08. The number of hydrogen-bond acceptors (Lipinski definition) is 6. The molecule has 0 radical (unpaired) electrons. The number of imidazole rings is 1. The Morgan fingerprint density at radius 1 is 1.46 bits per heavy atom. The first-order valence-electron chi connectivity index (χ1n) is 7.50. The summed E-state index contributed by atoms with van der Waals surface area (Å²) < 4.78 is 10.3. The number of isothiocyanates is 1. The van der Waals surface area contributed by atoms with Gasteiger partial charge in [-0.15, -0.1) is 0 Å². The number of hydrogen-bond donors (Lipinski definition) is 1. The van der Waals surface area contributed by atoms with Crippen LogP contribution >= 0.6 is 12.2 Å². The van der Waals surface area contributed by atoms with Crippen LogP contribution in [-0.4, -0.2) is 41.4 Å². The number of carbonyl (C=O) groups is 1. The average Bonchev–Trinajstić information content (AvgIpc) is 3.03. The zero-order valence-corrected chi connectivity index (χ0v) is 14.5. The monoisotopic (exact) mass is 345 g/mol. The molecule has 0 spiro atoms. The van der Waals surface area contributed by atoms with Crippen LogP contribution in [0.3, 0.4) is 0 Å². The third-order valence-corrected chi connectivity index (χ3v) is 3.51. The Balaban J connectivity index is 2.09. The van der Waals surface area contributed by atoms with Gasteiger partial charge in [-0.05, 0) is 36.8 Å². The van der Waals surface area contributed by atoms with E-state index in [9.17, 15) is 4.79 Å². The summed E-state index contributed by atoms with van der Waals surface area (Å²) in [5, 5.41) is 2.28. The second-order valence-corrected chi connectivity index (χ2v) is 5.35. The second kappa shape index (κ2) is 9.08. The third-order valence-electron chi connectivity index (χ3n) is 3.38. The Morgan fingerprint density at radius 2 is 2.29 bits per heavy atom. The van der Waals surface area contributed by atoms with E-state index in [2.05, 4.69) is 32.3 Å². The normalized spacial score (nSPS) is 10.2. The van der Waals surface area contributed by atoms with Gasteiger partial charge in [0.15, 0.2) is 0 Å². The highest BCUT2D eigenvalue weighted by Gasteiger charge is 2.12. The number of rotatable bonds is 8. The van der Waals surface area contributed by atoms with Gasteiger partial charge in [-0.1, -0.05) is 6.07 Å². The molecule has 7 heteroatoms. The molecule has 1 aromatic heterocycles. The molecule has 6 nitrogen and oxygen atoms in total. The predicted molar refractivity (Wildman–Crippen MR) is 94.3 cm³/mol. The van der Waals surface area contributed by atoms with Crippen molar-refractivity contribution in [3.63, 3.8) is 0 Å². The van der Waals surface area contributed by atoms with Crippen LogP contribution in [0.1, 0.15) is 28.2 Å². The first-order valence-corrected chi connectivity index (χ1v) is 7.91. The van der Waals surface area contributed by atoms with Gasteiger partial charge in [0, 0.05) is 19.1 Å². The largest absolute Gasteiger partial charge is 0.462 e. The highest BCUT2D eigenvalue weighted by molar-refractivity contribution is 7.78. The number of methoxy groups -OCH3 is 1. The fraction of sp³-hybridized carbons (Fsp3) is 0.353. The molecule has 0 fully saturated rings. The Hall–Kier alpha value is -2.34. The van der Waals surface area contributed by atoms with E-state index in [4.69, 9.17) is 9.47 Å². The van der Waals surface area contributed by atoms with Gasteiger partial charge in [0.05, 0.1) is 35.8 Å². The summed E-state index contributed by atoms with van der Waals surface area (Å²) in [7, 11) is 1.61. The fourth-order valence-corrected chi connectivity index (χ4v) is 2.28. The van der Waals surface area contributed by atoms with Gasteiger partial charge < -0.3 is 14.5 Å². The molecule has 0 bridgehead atoms. The van der Waals surface area contributed by atoms with Gasteiger partial charge in [-0.25, -0.2) is 14.8 Å².